The van der Waals surface area contributed by atoms with E-state index in [1.54, 1.807) is 0 Å². The molecule has 0 radical (unpaired) electrons. The normalized spacial score (nSPS) is 19.2. The first kappa shape index (κ1) is 20.5. The molecule has 160 valence electrons. The maximum absolute atomic E-state index is 12.5. The second-order valence-electron chi connectivity index (χ2n) is 8.39. The van der Waals surface area contributed by atoms with Crippen LogP contribution in [0.5, 0.6) is 0 Å². The summed E-state index contributed by atoms with van der Waals surface area (Å²) in [5, 5.41) is 14.1. The van der Waals surface area contributed by atoms with Gasteiger partial charge >= 0.3 is 6.03 Å². The largest absolute Gasteiger partial charge is 0.325 e. The van der Waals surface area contributed by atoms with Crippen LogP contribution in [0.4, 0.5) is 10.5 Å². The predicted molar refractivity (Wildman–Crippen MR) is 114 cm³/mol. The molecule has 1 fully saturated rings. The summed E-state index contributed by atoms with van der Waals surface area (Å²) in [4.78, 5) is 26.9. The molecule has 1 unspecified atom stereocenters. The number of imide groups is 1. The van der Waals surface area contributed by atoms with Crippen molar-refractivity contribution in [3.8, 4) is 0 Å². The van der Waals surface area contributed by atoms with Crippen molar-refractivity contribution in [2.75, 3.05) is 18.4 Å². The van der Waals surface area contributed by atoms with E-state index >= 15 is 0 Å². The number of hydrogen-bond donors (Lipinski definition) is 2. The molecule has 0 spiro atoms. The zero-order chi connectivity index (χ0) is 21.1. The molecule has 8 heteroatoms. The fraction of sp³-hybridized carbons (Fsp3) is 0.545. The third-order valence-corrected chi connectivity index (χ3v) is 6.03. The number of amides is 3. The van der Waals surface area contributed by atoms with Crippen LogP contribution in [0.3, 0.4) is 0 Å². The molecule has 2 aromatic rings. The van der Waals surface area contributed by atoms with Crippen molar-refractivity contribution < 1.29 is 9.59 Å². The number of anilines is 1. The fourth-order valence-electron chi connectivity index (χ4n) is 4.52. The van der Waals surface area contributed by atoms with Crippen molar-refractivity contribution in [1.29, 1.82) is 0 Å². The molecule has 1 aromatic heterocycles. The number of fused-ring (bicyclic) bond motifs is 1. The van der Waals surface area contributed by atoms with Gasteiger partial charge in [0.1, 0.15) is 11.6 Å². The molecule has 2 N–H and O–H groups in total. The Hall–Kier alpha value is -2.74. The monoisotopic (exact) mass is 410 g/mol. The number of hydrogen-bond acceptors (Lipinski definition) is 5. The number of carbonyl (C=O) groups excluding carboxylic acids is 2. The van der Waals surface area contributed by atoms with Crippen LogP contribution in [0.15, 0.2) is 18.2 Å². The van der Waals surface area contributed by atoms with Gasteiger partial charge in [0.15, 0.2) is 0 Å². The minimum Gasteiger partial charge on any atom is -0.314 e. The zero-order valence-corrected chi connectivity index (χ0v) is 17.8. The van der Waals surface area contributed by atoms with Crippen LogP contribution in [-0.4, -0.2) is 44.7 Å². The van der Waals surface area contributed by atoms with Gasteiger partial charge in [-0.1, -0.05) is 24.1 Å². The molecule has 3 amide bonds. The SMILES string of the molecule is Cc1ccc(NC(=O)NC(=O)CN2CCCC2c2nnc3n2CCCCC3)c(C)c1. The van der Waals surface area contributed by atoms with Gasteiger partial charge in [0.2, 0.25) is 5.91 Å². The van der Waals surface area contributed by atoms with Crippen LogP contribution in [0, 0.1) is 13.8 Å². The van der Waals surface area contributed by atoms with Crippen LogP contribution in [0.25, 0.3) is 0 Å². The lowest BCUT2D eigenvalue weighted by molar-refractivity contribution is -0.121. The van der Waals surface area contributed by atoms with E-state index in [1.165, 1.54) is 6.42 Å². The highest BCUT2D eigenvalue weighted by Gasteiger charge is 2.32. The Balaban J connectivity index is 1.37. The van der Waals surface area contributed by atoms with E-state index in [0.29, 0.717) is 5.69 Å². The Morgan fingerprint density at radius 3 is 2.80 bits per heavy atom. The van der Waals surface area contributed by atoms with E-state index in [4.69, 9.17) is 0 Å². The first-order valence-corrected chi connectivity index (χ1v) is 10.9. The molecule has 2 aliphatic rings. The van der Waals surface area contributed by atoms with Crippen LogP contribution in [0.2, 0.25) is 0 Å². The van der Waals surface area contributed by atoms with Crippen molar-refractivity contribution in [2.45, 2.75) is 65.0 Å². The van der Waals surface area contributed by atoms with E-state index in [0.717, 1.165) is 68.0 Å². The van der Waals surface area contributed by atoms with Gasteiger partial charge in [0.05, 0.1) is 12.6 Å². The Morgan fingerprint density at radius 1 is 1.10 bits per heavy atom. The minimum absolute atomic E-state index is 0.0810. The molecule has 1 atom stereocenters. The third kappa shape index (κ3) is 4.53. The standard InChI is InChI=1S/C22H30N6O2/c1-15-9-10-17(16(2)13-15)23-22(30)24-20(29)14-27-11-6-7-18(27)21-26-25-19-8-4-3-5-12-28(19)21/h9-10,13,18H,3-8,11-12,14H2,1-2H3,(H2,23,24,29,30). The Morgan fingerprint density at radius 2 is 1.97 bits per heavy atom. The second kappa shape index (κ2) is 8.95. The summed E-state index contributed by atoms with van der Waals surface area (Å²) in [5.74, 6) is 1.73. The van der Waals surface area contributed by atoms with Crippen molar-refractivity contribution in [2.24, 2.45) is 0 Å². The van der Waals surface area contributed by atoms with Gasteiger partial charge in [-0.3, -0.25) is 15.0 Å². The molecule has 0 saturated carbocycles. The summed E-state index contributed by atoms with van der Waals surface area (Å²) in [7, 11) is 0. The molecule has 1 saturated heterocycles. The zero-order valence-electron chi connectivity index (χ0n) is 17.8. The maximum atomic E-state index is 12.5. The number of nitrogens with zero attached hydrogens (tertiary/aromatic N) is 4. The van der Waals surface area contributed by atoms with Gasteiger partial charge in [-0.15, -0.1) is 10.2 Å². The average molecular weight is 411 g/mol. The second-order valence-corrected chi connectivity index (χ2v) is 8.39. The topological polar surface area (TPSA) is 92.2 Å². The van der Waals surface area contributed by atoms with E-state index in [-0.39, 0.29) is 18.5 Å². The molecule has 3 heterocycles. The van der Waals surface area contributed by atoms with Gasteiger partial charge in [0, 0.05) is 18.7 Å². The molecule has 4 rings (SSSR count). The van der Waals surface area contributed by atoms with Gasteiger partial charge in [-0.25, -0.2) is 4.79 Å². The van der Waals surface area contributed by atoms with Crippen LogP contribution in [-0.2, 0) is 17.8 Å². The lowest BCUT2D eigenvalue weighted by Gasteiger charge is -2.23. The highest BCUT2D eigenvalue weighted by atomic mass is 16.2. The predicted octanol–water partition coefficient (Wildman–Crippen LogP) is 3.11. The summed E-state index contributed by atoms with van der Waals surface area (Å²) in [6, 6.07) is 5.35. The van der Waals surface area contributed by atoms with Crippen LogP contribution in [0.1, 0.15) is 60.9 Å². The Labute approximate surface area is 177 Å². The quantitative estimate of drug-likeness (QED) is 0.808. The lowest BCUT2D eigenvalue weighted by Crippen LogP contribution is -2.42. The highest BCUT2D eigenvalue weighted by molar-refractivity contribution is 6.02. The molecule has 30 heavy (non-hydrogen) atoms. The molecule has 8 nitrogen and oxygen atoms in total. The fourth-order valence-corrected chi connectivity index (χ4v) is 4.52. The minimum atomic E-state index is -0.501. The number of nitrogens with one attached hydrogen (secondary N) is 2. The maximum Gasteiger partial charge on any atom is 0.325 e. The summed E-state index contributed by atoms with van der Waals surface area (Å²) < 4.78 is 2.25. The lowest BCUT2D eigenvalue weighted by atomic mass is 10.1. The average Bonchev–Trinajstić information content (AvgIpc) is 3.23. The smallest absolute Gasteiger partial charge is 0.314 e. The van der Waals surface area contributed by atoms with Crippen molar-refractivity contribution >= 4 is 17.6 Å². The number of benzene rings is 1. The Kier molecular flexibility index (Phi) is 6.13. The summed E-state index contributed by atoms with van der Waals surface area (Å²) in [6.45, 7) is 5.88. The summed E-state index contributed by atoms with van der Waals surface area (Å²) >= 11 is 0. The van der Waals surface area contributed by atoms with E-state index in [9.17, 15) is 9.59 Å². The Bertz CT molecular complexity index is 938. The third-order valence-electron chi connectivity index (χ3n) is 6.03. The molecule has 2 aliphatic heterocycles. The van der Waals surface area contributed by atoms with Gasteiger partial charge in [-0.05, 0) is 57.7 Å². The van der Waals surface area contributed by atoms with Crippen LogP contribution < -0.4 is 10.6 Å². The van der Waals surface area contributed by atoms with Crippen molar-refractivity contribution in [3.63, 3.8) is 0 Å². The molecule has 0 aliphatic carbocycles. The van der Waals surface area contributed by atoms with Crippen molar-refractivity contribution in [3.05, 3.63) is 41.0 Å². The number of urea groups is 1. The van der Waals surface area contributed by atoms with Crippen LogP contribution >= 0.6 is 0 Å². The number of aromatic nitrogens is 3. The van der Waals surface area contributed by atoms with E-state index in [1.807, 2.05) is 32.0 Å². The first-order chi connectivity index (χ1) is 14.5. The number of carbonyl (C=O) groups is 2. The summed E-state index contributed by atoms with van der Waals surface area (Å²) in [6.07, 6.45) is 6.46. The molecule has 0 bridgehead atoms. The molecular weight excluding hydrogens is 380 g/mol. The first-order valence-electron chi connectivity index (χ1n) is 10.9. The van der Waals surface area contributed by atoms with E-state index in [2.05, 4.69) is 30.3 Å². The summed E-state index contributed by atoms with van der Waals surface area (Å²) in [5.41, 5.74) is 2.79. The number of aryl methyl sites for hydroxylation is 3. The van der Waals surface area contributed by atoms with Crippen molar-refractivity contribution in [1.82, 2.24) is 25.0 Å². The molecule has 1 aromatic carbocycles. The van der Waals surface area contributed by atoms with E-state index < -0.39 is 6.03 Å². The highest BCUT2D eigenvalue weighted by Crippen LogP contribution is 2.31. The van der Waals surface area contributed by atoms with Gasteiger partial charge in [0.25, 0.3) is 0 Å². The molecular formula is C22H30N6O2. The number of likely N-dealkylation sites (tertiary alicyclic amines) is 1. The van der Waals surface area contributed by atoms with Gasteiger partial charge in [-0.2, -0.15) is 0 Å². The van der Waals surface area contributed by atoms with Gasteiger partial charge < -0.3 is 9.88 Å². The number of rotatable bonds is 4.